The first-order valence-electron chi connectivity index (χ1n) is 13.6. The molecular formula is C27H40N4O4. The molecule has 1 aromatic rings. The lowest BCUT2D eigenvalue weighted by molar-refractivity contribution is -0.136. The maximum absolute atomic E-state index is 13.6. The molecule has 1 aliphatic heterocycles. The average molecular weight is 485 g/mol. The molecule has 0 bridgehead atoms. The summed E-state index contributed by atoms with van der Waals surface area (Å²) in [7, 11) is 0. The fourth-order valence-electron chi connectivity index (χ4n) is 5.51. The number of hydrogen-bond donors (Lipinski definition) is 1. The van der Waals surface area contributed by atoms with E-state index in [0.29, 0.717) is 26.2 Å². The molecule has 3 fully saturated rings. The lowest BCUT2D eigenvalue weighted by atomic mass is 9.95. The van der Waals surface area contributed by atoms with Gasteiger partial charge in [0.15, 0.2) is 0 Å². The van der Waals surface area contributed by atoms with E-state index in [0.717, 1.165) is 51.4 Å². The molecule has 1 saturated heterocycles. The highest BCUT2D eigenvalue weighted by atomic mass is 16.2. The van der Waals surface area contributed by atoms with Crippen LogP contribution in [0.15, 0.2) is 17.2 Å². The standard InChI is InChI=1S/C27H40N4O4/c1-3-29(4-2)26(34)19-10-9-15-30(16-19)27(35)23-18-31(21-13-14-21)17-22(24(23)32)25(33)28-20-11-7-5-6-8-12-20/h17-21H,3-16H2,1-2H3,(H,28,33). The quantitative estimate of drug-likeness (QED) is 0.601. The number of carbonyl (C=O) groups excluding carboxylic acids is 3. The summed E-state index contributed by atoms with van der Waals surface area (Å²) in [5.41, 5.74) is -0.406. The van der Waals surface area contributed by atoms with Crippen LogP contribution in [0.4, 0.5) is 0 Å². The second kappa shape index (κ2) is 11.4. The first-order chi connectivity index (χ1) is 16.9. The van der Waals surface area contributed by atoms with Crippen molar-refractivity contribution in [1.82, 2.24) is 19.7 Å². The summed E-state index contributed by atoms with van der Waals surface area (Å²) in [4.78, 5) is 56.5. The number of pyridine rings is 1. The van der Waals surface area contributed by atoms with Gasteiger partial charge in [-0.15, -0.1) is 0 Å². The Kier molecular flexibility index (Phi) is 8.29. The van der Waals surface area contributed by atoms with Crippen LogP contribution in [-0.2, 0) is 4.79 Å². The molecule has 1 unspecified atom stereocenters. The number of amides is 3. The van der Waals surface area contributed by atoms with E-state index in [1.54, 1.807) is 22.2 Å². The largest absolute Gasteiger partial charge is 0.349 e. The van der Waals surface area contributed by atoms with Gasteiger partial charge in [0.05, 0.1) is 5.92 Å². The van der Waals surface area contributed by atoms with Gasteiger partial charge in [-0.2, -0.15) is 0 Å². The van der Waals surface area contributed by atoms with Crippen molar-refractivity contribution >= 4 is 17.7 Å². The Morgan fingerprint density at radius 2 is 1.57 bits per heavy atom. The second-order valence-electron chi connectivity index (χ2n) is 10.4. The number of hydrogen-bond acceptors (Lipinski definition) is 4. The molecule has 3 aliphatic rings. The molecular weight excluding hydrogens is 444 g/mol. The summed E-state index contributed by atoms with van der Waals surface area (Å²) in [6, 6.07) is 0.303. The number of nitrogens with zero attached hydrogens (tertiary/aromatic N) is 3. The molecule has 1 N–H and O–H groups in total. The van der Waals surface area contributed by atoms with Gasteiger partial charge in [-0.3, -0.25) is 19.2 Å². The van der Waals surface area contributed by atoms with Crippen molar-refractivity contribution in [2.75, 3.05) is 26.2 Å². The summed E-state index contributed by atoms with van der Waals surface area (Å²) in [5, 5.41) is 3.07. The van der Waals surface area contributed by atoms with Gasteiger partial charge in [0.25, 0.3) is 11.8 Å². The minimum absolute atomic E-state index is 0.0429. The first kappa shape index (κ1) is 25.5. The van der Waals surface area contributed by atoms with Crippen LogP contribution in [0.1, 0.15) is 105 Å². The molecule has 35 heavy (non-hydrogen) atoms. The number of aromatic nitrogens is 1. The molecule has 2 aliphatic carbocycles. The van der Waals surface area contributed by atoms with Crippen molar-refractivity contribution in [3.8, 4) is 0 Å². The molecule has 8 heteroatoms. The minimum atomic E-state index is -0.504. The zero-order chi connectivity index (χ0) is 24.9. The number of piperidine rings is 1. The van der Waals surface area contributed by atoms with E-state index in [2.05, 4.69) is 5.32 Å². The summed E-state index contributed by atoms with van der Waals surface area (Å²) in [6.07, 6.45) is 13.1. The van der Waals surface area contributed by atoms with Crippen LogP contribution in [0.5, 0.6) is 0 Å². The van der Waals surface area contributed by atoms with Crippen LogP contribution in [0.3, 0.4) is 0 Å². The summed E-state index contributed by atoms with van der Waals surface area (Å²) >= 11 is 0. The van der Waals surface area contributed by atoms with E-state index >= 15 is 0 Å². The van der Waals surface area contributed by atoms with Crippen molar-refractivity contribution in [3.63, 3.8) is 0 Å². The number of rotatable bonds is 7. The van der Waals surface area contributed by atoms with Crippen LogP contribution in [0.2, 0.25) is 0 Å². The number of likely N-dealkylation sites (tertiary alicyclic amines) is 1. The van der Waals surface area contributed by atoms with Crippen LogP contribution in [-0.4, -0.2) is 64.3 Å². The van der Waals surface area contributed by atoms with Gasteiger partial charge in [-0.1, -0.05) is 25.7 Å². The van der Waals surface area contributed by atoms with Gasteiger partial charge < -0.3 is 19.7 Å². The van der Waals surface area contributed by atoms with Crippen molar-refractivity contribution in [2.45, 2.75) is 90.1 Å². The molecule has 0 aromatic carbocycles. The Morgan fingerprint density at radius 3 is 2.20 bits per heavy atom. The Labute approximate surface area is 208 Å². The maximum atomic E-state index is 13.6. The fourth-order valence-corrected chi connectivity index (χ4v) is 5.51. The molecule has 192 valence electrons. The van der Waals surface area contributed by atoms with E-state index in [1.165, 1.54) is 12.8 Å². The SMILES string of the molecule is CCN(CC)C(=O)C1CCCN(C(=O)c2cn(C3CC3)cc(C(=O)NC3CCCCCC3)c2=O)C1. The Bertz CT molecular complexity index is 987. The molecule has 1 atom stereocenters. The second-order valence-corrected chi connectivity index (χ2v) is 10.4. The molecule has 4 rings (SSSR count). The Balaban J connectivity index is 1.56. The van der Waals surface area contributed by atoms with E-state index in [-0.39, 0.29) is 46.9 Å². The first-order valence-corrected chi connectivity index (χ1v) is 13.6. The lowest BCUT2D eigenvalue weighted by Gasteiger charge is -2.34. The minimum Gasteiger partial charge on any atom is -0.349 e. The maximum Gasteiger partial charge on any atom is 0.259 e. The van der Waals surface area contributed by atoms with Crippen LogP contribution < -0.4 is 10.7 Å². The zero-order valence-electron chi connectivity index (χ0n) is 21.3. The summed E-state index contributed by atoms with van der Waals surface area (Å²) in [6.45, 7) is 6.03. The van der Waals surface area contributed by atoms with Crippen LogP contribution >= 0.6 is 0 Å². The molecule has 2 saturated carbocycles. The van der Waals surface area contributed by atoms with Gasteiger partial charge in [0.1, 0.15) is 11.1 Å². The molecule has 8 nitrogen and oxygen atoms in total. The van der Waals surface area contributed by atoms with Gasteiger partial charge in [0, 0.05) is 50.7 Å². The predicted octanol–water partition coefficient (Wildman–Crippen LogP) is 3.36. The Morgan fingerprint density at radius 1 is 0.914 bits per heavy atom. The van der Waals surface area contributed by atoms with Gasteiger partial charge in [-0.25, -0.2) is 0 Å². The monoisotopic (exact) mass is 484 g/mol. The normalized spacial score (nSPS) is 21.3. The van der Waals surface area contributed by atoms with Crippen molar-refractivity contribution in [2.24, 2.45) is 5.92 Å². The van der Waals surface area contributed by atoms with Crippen molar-refractivity contribution < 1.29 is 14.4 Å². The topological polar surface area (TPSA) is 91.7 Å². The van der Waals surface area contributed by atoms with Crippen molar-refractivity contribution in [1.29, 1.82) is 0 Å². The fraction of sp³-hybridized carbons (Fsp3) is 0.704. The lowest BCUT2D eigenvalue weighted by Crippen LogP contribution is -2.48. The predicted molar refractivity (Wildman–Crippen MR) is 134 cm³/mol. The third-order valence-electron chi connectivity index (χ3n) is 7.81. The highest BCUT2D eigenvalue weighted by Gasteiger charge is 2.33. The molecule has 3 amide bonds. The molecule has 0 radical (unpaired) electrons. The van der Waals surface area contributed by atoms with E-state index in [4.69, 9.17) is 0 Å². The van der Waals surface area contributed by atoms with E-state index in [1.807, 2.05) is 18.4 Å². The Hall–Kier alpha value is -2.64. The molecule has 2 heterocycles. The summed E-state index contributed by atoms with van der Waals surface area (Å²) < 4.78 is 1.87. The van der Waals surface area contributed by atoms with Gasteiger partial charge in [0.2, 0.25) is 11.3 Å². The number of nitrogens with one attached hydrogen (secondary N) is 1. The highest BCUT2D eigenvalue weighted by Crippen LogP contribution is 2.35. The third-order valence-corrected chi connectivity index (χ3v) is 7.81. The zero-order valence-corrected chi connectivity index (χ0v) is 21.3. The third kappa shape index (κ3) is 5.96. The van der Waals surface area contributed by atoms with Crippen LogP contribution in [0.25, 0.3) is 0 Å². The van der Waals surface area contributed by atoms with Crippen molar-refractivity contribution in [3.05, 3.63) is 33.7 Å². The number of carbonyl (C=O) groups is 3. The molecule has 0 spiro atoms. The van der Waals surface area contributed by atoms with Crippen LogP contribution in [0, 0.1) is 5.92 Å². The van der Waals surface area contributed by atoms with Gasteiger partial charge >= 0.3 is 0 Å². The average Bonchev–Trinajstić information content (AvgIpc) is 3.73. The van der Waals surface area contributed by atoms with E-state index < -0.39 is 5.43 Å². The van der Waals surface area contributed by atoms with Gasteiger partial charge in [-0.05, 0) is 52.4 Å². The highest BCUT2D eigenvalue weighted by molar-refractivity contribution is 5.99. The summed E-state index contributed by atoms with van der Waals surface area (Å²) in [5.74, 6) is -0.927. The van der Waals surface area contributed by atoms with E-state index in [9.17, 15) is 19.2 Å². The smallest absolute Gasteiger partial charge is 0.259 e. The molecule has 1 aromatic heterocycles.